The number of sulfonamides is 1. The van der Waals surface area contributed by atoms with E-state index < -0.39 is 10.0 Å². The van der Waals surface area contributed by atoms with Gasteiger partial charge in [0, 0.05) is 19.5 Å². The zero-order chi connectivity index (χ0) is 23.1. The predicted octanol–water partition coefficient (Wildman–Crippen LogP) is 4.70. The molecule has 1 aliphatic rings. The van der Waals surface area contributed by atoms with Crippen molar-refractivity contribution in [2.45, 2.75) is 43.0 Å². The lowest BCUT2D eigenvalue weighted by molar-refractivity contribution is -0.121. The minimum absolute atomic E-state index is 0.0438. The third kappa shape index (κ3) is 5.89. The average molecular weight is 463 g/mol. The minimum atomic E-state index is -3.43. The van der Waals surface area contributed by atoms with Gasteiger partial charge in [0.2, 0.25) is 15.9 Å². The first-order chi connectivity index (χ1) is 16.0. The summed E-state index contributed by atoms with van der Waals surface area (Å²) in [6.07, 6.45) is 3.79. The van der Waals surface area contributed by atoms with Crippen molar-refractivity contribution >= 4 is 15.9 Å². The topological polar surface area (TPSA) is 66.5 Å². The van der Waals surface area contributed by atoms with Crippen molar-refractivity contribution in [1.29, 1.82) is 0 Å². The molecule has 3 aromatic rings. The molecule has 0 aromatic heterocycles. The molecule has 1 saturated heterocycles. The predicted molar refractivity (Wildman–Crippen MR) is 130 cm³/mol. The number of carbonyl (C=O) groups excluding carboxylic acids is 1. The first kappa shape index (κ1) is 23.2. The largest absolute Gasteiger partial charge is 0.345 e. The highest BCUT2D eigenvalue weighted by atomic mass is 32.2. The van der Waals surface area contributed by atoms with Crippen LogP contribution in [0.2, 0.25) is 0 Å². The number of nitrogens with zero attached hydrogens (tertiary/aromatic N) is 1. The van der Waals surface area contributed by atoms with Gasteiger partial charge in [0.1, 0.15) is 0 Å². The molecule has 3 aromatic carbocycles. The Bertz CT molecular complexity index is 1100. The maximum Gasteiger partial charge on any atom is 0.243 e. The van der Waals surface area contributed by atoms with Crippen molar-refractivity contribution in [1.82, 2.24) is 9.62 Å². The highest BCUT2D eigenvalue weighted by molar-refractivity contribution is 7.89. The third-order valence-electron chi connectivity index (χ3n) is 6.09. The molecule has 1 aliphatic heterocycles. The first-order valence-electron chi connectivity index (χ1n) is 11.5. The second kappa shape index (κ2) is 10.8. The van der Waals surface area contributed by atoms with E-state index in [1.165, 1.54) is 0 Å². The lowest BCUT2D eigenvalue weighted by Crippen LogP contribution is -2.35. The fraction of sp³-hybridized carbons (Fsp3) is 0.296. The molecule has 1 fully saturated rings. The van der Waals surface area contributed by atoms with E-state index in [1.807, 2.05) is 72.8 Å². The molecule has 5 nitrogen and oxygen atoms in total. The highest BCUT2D eigenvalue weighted by Gasteiger charge is 2.25. The van der Waals surface area contributed by atoms with Crippen molar-refractivity contribution in [2.24, 2.45) is 0 Å². The van der Waals surface area contributed by atoms with Gasteiger partial charge in [-0.3, -0.25) is 4.79 Å². The lowest BCUT2D eigenvalue weighted by Gasteiger charge is -2.25. The molecular weight excluding hydrogens is 432 g/mol. The van der Waals surface area contributed by atoms with E-state index >= 15 is 0 Å². The van der Waals surface area contributed by atoms with Gasteiger partial charge < -0.3 is 5.32 Å². The molecule has 0 spiro atoms. The fourth-order valence-corrected chi connectivity index (χ4v) is 5.74. The van der Waals surface area contributed by atoms with E-state index in [0.29, 0.717) is 30.8 Å². The number of amides is 1. The Morgan fingerprint density at radius 2 is 1.33 bits per heavy atom. The fourth-order valence-electron chi connectivity index (χ4n) is 4.22. The summed E-state index contributed by atoms with van der Waals surface area (Å²) in [6.45, 7) is 1.18. The number of nitrogens with one attached hydrogen (secondary N) is 1. The van der Waals surface area contributed by atoms with Crippen LogP contribution >= 0.6 is 0 Å². The van der Waals surface area contributed by atoms with Gasteiger partial charge in [-0.2, -0.15) is 4.31 Å². The summed E-state index contributed by atoms with van der Waals surface area (Å²) in [5, 5.41) is 3.16. The van der Waals surface area contributed by atoms with Crippen molar-refractivity contribution in [3.8, 4) is 0 Å². The van der Waals surface area contributed by atoms with Crippen LogP contribution in [-0.2, 0) is 21.2 Å². The Labute approximate surface area is 196 Å². The van der Waals surface area contributed by atoms with E-state index in [2.05, 4.69) is 5.32 Å². The Morgan fingerprint density at radius 1 is 0.788 bits per heavy atom. The van der Waals surface area contributed by atoms with Gasteiger partial charge >= 0.3 is 0 Å². The van der Waals surface area contributed by atoms with Crippen LogP contribution in [0, 0.1) is 0 Å². The summed E-state index contributed by atoms with van der Waals surface area (Å²) in [5.74, 6) is -0.0438. The van der Waals surface area contributed by atoms with Crippen LogP contribution in [0.4, 0.5) is 0 Å². The quantitative estimate of drug-likeness (QED) is 0.528. The molecule has 6 heteroatoms. The van der Waals surface area contributed by atoms with E-state index in [4.69, 9.17) is 0 Å². The SMILES string of the molecule is O=C(CCc1ccc(S(=O)(=O)N2CCCCC2)cc1)NC(c1ccccc1)c1ccccc1. The van der Waals surface area contributed by atoms with Gasteiger partial charge in [-0.15, -0.1) is 0 Å². The van der Waals surface area contributed by atoms with Crippen LogP contribution in [0.3, 0.4) is 0 Å². The van der Waals surface area contributed by atoms with Gasteiger partial charge in [0.25, 0.3) is 0 Å². The normalized spacial score (nSPS) is 14.8. The molecular formula is C27H30N2O3S. The monoisotopic (exact) mass is 462 g/mol. The van der Waals surface area contributed by atoms with Crippen molar-refractivity contribution in [3.63, 3.8) is 0 Å². The zero-order valence-electron chi connectivity index (χ0n) is 18.7. The summed E-state index contributed by atoms with van der Waals surface area (Å²) < 4.78 is 27.2. The Kier molecular flexibility index (Phi) is 7.57. The molecule has 1 amide bonds. The van der Waals surface area contributed by atoms with E-state index in [0.717, 1.165) is 36.0 Å². The van der Waals surface area contributed by atoms with E-state index in [-0.39, 0.29) is 11.9 Å². The number of hydrogen-bond donors (Lipinski definition) is 1. The van der Waals surface area contributed by atoms with Gasteiger partial charge in [0.15, 0.2) is 0 Å². The molecule has 4 rings (SSSR count). The van der Waals surface area contributed by atoms with Crippen molar-refractivity contribution < 1.29 is 13.2 Å². The zero-order valence-corrected chi connectivity index (χ0v) is 19.5. The molecule has 1 N–H and O–H groups in total. The molecule has 0 radical (unpaired) electrons. The smallest absolute Gasteiger partial charge is 0.243 e. The maximum atomic E-state index is 12.8. The number of aryl methyl sites for hydroxylation is 1. The maximum absolute atomic E-state index is 12.8. The second-order valence-electron chi connectivity index (χ2n) is 8.43. The number of rotatable bonds is 8. The number of hydrogen-bond acceptors (Lipinski definition) is 3. The number of piperidine rings is 1. The minimum Gasteiger partial charge on any atom is -0.345 e. The van der Waals surface area contributed by atoms with Gasteiger partial charge in [-0.1, -0.05) is 79.2 Å². The van der Waals surface area contributed by atoms with E-state index in [1.54, 1.807) is 16.4 Å². The third-order valence-corrected chi connectivity index (χ3v) is 8.00. The standard InChI is InChI=1S/C27H30N2O3S/c30-26(28-27(23-10-4-1-5-11-23)24-12-6-2-7-13-24)19-16-22-14-17-25(18-15-22)33(31,32)29-20-8-3-9-21-29/h1-2,4-7,10-15,17-18,27H,3,8-9,16,19-21H2,(H,28,30). The average Bonchev–Trinajstić information content (AvgIpc) is 2.88. The van der Waals surface area contributed by atoms with Crippen LogP contribution < -0.4 is 5.32 Å². The van der Waals surface area contributed by atoms with Gasteiger partial charge in [-0.05, 0) is 48.1 Å². The van der Waals surface area contributed by atoms with Gasteiger partial charge in [-0.25, -0.2) is 8.42 Å². The molecule has 33 heavy (non-hydrogen) atoms. The van der Waals surface area contributed by atoms with Gasteiger partial charge in [0.05, 0.1) is 10.9 Å². The summed E-state index contributed by atoms with van der Waals surface area (Å²) in [6, 6.07) is 26.6. The van der Waals surface area contributed by atoms with Crippen LogP contribution in [0.1, 0.15) is 48.4 Å². The summed E-state index contributed by atoms with van der Waals surface area (Å²) >= 11 is 0. The van der Waals surface area contributed by atoms with Crippen LogP contribution in [0.25, 0.3) is 0 Å². The lowest BCUT2D eigenvalue weighted by atomic mass is 9.98. The van der Waals surface area contributed by atoms with Crippen LogP contribution in [0.5, 0.6) is 0 Å². The molecule has 0 bridgehead atoms. The molecule has 0 aliphatic carbocycles. The summed E-state index contributed by atoms with van der Waals surface area (Å²) in [7, 11) is -3.43. The molecule has 1 heterocycles. The van der Waals surface area contributed by atoms with Crippen molar-refractivity contribution in [3.05, 3.63) is 102 Å². The second-order valence-corrected chi connectivity index (χ2v) is 10.4. The molecule has 0 atom stereocenters. The Hall–Kier alpha value is -2.96. The number of carbonyl (C=O) groups is 1. The Morgan fingerprint density at radius 3 is 1.88 bits per heavy atom. The number of benzene rings is 3. The van der Waals surface area contributed by atoms with Crippen molar-refractivity contribution in [2.75, 3.05) is 13.1 Å². The Balaban J connectivity index is 1.39. The highest BCUT2D eigenvalue weighted by Crippen LogP contribution is 2.23. The first-order valence-corrected chi connectivity index (χ1v) is 13.0. The van der Waals surface area contributed by atoms with Crippen LogP contribution in [-0.4, -0.2) is 31.7 Å². The van der Waals surface area contributed by atoms with E-state index in [9.17, 15) is 13.2 Å². The summed E-state index contributed by atoms with van der Waals surface area (Å²) in [4.78, 5) is 13.1. The summed E-state index contributed by atoms with van der Waals surface area (Å²) in [5.41, 5.74) is 3.01. The molecule has 0 unspecified atom stereocenters. The molecule has 0 saturated carbocycles. The van der Waals surface area contributed by atoms with Crippen LogP contribution in [0.15, 0.2) is 89.8 Å². The molecule has 172 valence electrons.